The molecule has 0 radical (unpaired) electrons. The fraction of sp³-hybridized carbons (Fsp3) is 0.714. The summed E-state index contributed by atoms with van der Waals surface area (Å²) in [5.74, 6) is -0.907. The molecule has 0 spiro atoms. The zero-order valence-corrected chi connectivity index (χ0v) is 13.3. The average molecular weight is 308 g/mol. The summed E-state index contributed by atoms with van der Waals surface area (Å²) in [7, 11) is 2.51. The Morgan fingerprint density at radius 2 is 1.23 bits per heavy atom. The molecule has 120 valence electrons. The van der Waals surface area contributed by atoms with Crippen LogP contribution >= 0.6 is 0 Å². The van der Waals surface area contributed by atoms with E-state index in [9.17, 15) is 20.1 Å². The lowest BCUT2D eigenvalue weighted by Gasteiger charge is -2.18. The van der Waals surface area contributed by atoms with Gasteiger partial charge in [-0.25, -0.2) is 0 Å². The van der Waals surface area contributed by atoms with Crippen molar-refractivity contribution in [2.24, 2.45) is 10.2 Å². The van der Waals surface area contributed by atoms with E-state index in [1.807, 2.05) is 12.1 Å². The van der Waals surface area contributed by atoms with Crippen molar-refractivity contribution in [1.82, 2.24) is 0 Å². The van der Waals surface area contributed by atoms with E-state index in [0.717, 1.165) is 0 Å². The smallest absolute Gasteiger partial charge is 0.305 e. The molecule has 0 rings (SSSR count). The monoisotopic (exact) mass is 308 g/mol. The molecule has 22 heavy (non-hydrogen) atoms. The minimum absolute atomic E-state index is 0.0189. The van der Waals surface area contributed by atoms with Gasteiger partial charge in [0.1, 0.15) is 0 Å². The number of hydrogen-bond donors (Lipinski definition) is 0. The summed E-state index contributed by atoms with van der Waals surface area (Å²) in [6, 6.07) is 3.92. The van der Waals surface area contributed by atoms with Crippen LogP contribution in [0.4, 0.5) is 0 Å². The number of methoxy groups -OCH3 is 2. The highest BCUT2D eigenvalue weighted by Crippen LogP contribution is 2.23. The maximum Gasteiger partial charge on any atom is 0.305 e. The Morgan fingerprint density at radius 1 is 0.909 bits per heavy atom. The van der Waals surface area contributed by atoms with E-state index in [-0.39, 0.29) is 25.7 Å². The first-order valence-corrected chi connectivity index (χ1v) is 6.64. The van der Waals surface area contributed by atoms with E-state index in [4.69, 9.17) is 0 Å². The molecule has 0 aromatic heterocycles. The molecule has 0 aliphatic heterocycles. The van der Waals surface area contributed by atoms with Crippen LogP contribution < -0.4 is 0 Å². The molecule has 0 bridgehead atoms. The molecule has 0 heterocycles. The SMILES string of the molecule is COC(=O)CCC(C)(C#N)N=NC(C)(C#N)CCC(=O)OC. The summed E-state index contributed by atoms with van der Waals surface area (Å²) < 4.78 is 9.02. The molecule has 0 saturated heterocycles. The number of nitriles is 2. The molecule has 0 saturated carbocycles. The van der Waals surface area contributed by atoms with Crippen LogP contribution in [0.3, 0.4) is 0 Å². The van der Waals surface area contributed by atoms with Crippen LogP contribution in [0.1, 0.15) is 39.5 Å². The summed E-state index contributed by atoms with van der Waals surface area (Å²) >= 11 is 0. The van der Waals surface area contributed by atoms with Gasteiger partial charge >= 0.3 is 11.9 Å². The third-order valence-electron chi connectivity index (χ3n) is 3.06. The van der Waals surface area contributed by atoms with Gasteiger partial charge in [-0.15, -0.1) is 0 Å². The number of carbonyl (C=O) groups excluding carboxylic acids is 2. The van der Waals surface area contributed by atoms with Gasteiger partial charge in [0, 0.05) is 12.8 Å². The minimum Gasteiger partial charge on any atom is -0.469 e. The molecule has 2 atom stereocenters. The molecule has 0 aliphatic carbocycles. The van der Waals surface area contributed by atoms with Crippen LogP contribution in [0.25, 0.3) is 0 Å². The van der Waals surface area contributed by atoms with Gasteiger partial charge in [-0.05, 0) is 26.7 Å². The molecule has 2 unspecified atom stereocenters. The Balaban J connectivity index is 4.91. The van der Waals surface area contributed by atoms with Crippen LogP contribution in [-0.4, -0.2) is 37.2 Å². The van der Waals surface area contributed by atoms with Gasteiger partial charge in [-0.1, -0.05) is 0 Å². The fourth-order valence-electron chi connectivity index (χ4n) is 1.37. The van der Waals surface area contributed by atoms with Crippen molar-refractivity contribution in [2.45, 2.75) is 50.6 Å². The average Bonchev–Trinajstić information content (AvgIpc) is 2.55. The Kier molecular flexibility index (Phi) is 7.74. The number of esters is 2. The predicted octanol–water partition coefficient (Wildman–Crippen LogP) is 1.91. The summed E-state index contributed by atoms with van der Waals surface area (Å²) in [5, 5.41) is 26.2. The van der Waals surface area contributed by atoms with Gasteiger partial charge in [0.05, 0.1) is 26.4 Å². The molecule has 0 aromatic carbocycles. The number of azo groups is 1. The third-order valence-corrected chi connectivity index (χ3v) is 3.06. The van der Waals surface area contributed by atoms with Crippen molar-refractivity contribution in [2.75, 3.05) is 14.2 Å². The number of rotatable bonds is 8. The highest BCUT2D eigenvalue weighted by molar-refractivity contribution is 5.69. The van der Waals surface area contributed by atoms with E-state index in [0.29, 0.717) is 0 Å². The van der Waals surface area contributed by atoms with E-state index in [1.165, 1.54) is 28.1 Å². The van der Waals surface area contributed by atoms with E-state index in [2.05, 4.69) is 19.7 Å². The van der Waals surface area contributed by atoms with Crippen molar-refractivity contribution in [3.63, 3.8) is 0 Å². The van der Waals surface area contributed by atoms with Gasteiger partial charge < -0.3 is 9.47 Å². The Bertz CT molecular complexity index is 474. The zero-order valence-electron chi connectivity index (χ0n) is 13.3. The predicted molar refractivity (Wildman–Crippen MR) is 75.4 cm³/mol. The molecular weight excluding hydrogens is 288 g/mol. The maximum absolute atomic E-state index is 11.1. The van der Waals surface area contributed by atoms with Gasteiger partial charge in [-0.2, -0.15) is 20.8 Å². The van der Waals surface area contributed by atoms with Gasteiger partial charge in [-0.3, -0.25) is 9.59 Å². The van der Waals surface area contributed by atoms with Crippen LogP contribution in [0, 0.1) is 22.7 Å². The fourth-order valence-corrected chi connectivity index (χ4v) is 1.37. The zero-order chi connectivity index (χ0) is 17.2. The number of nitrogens with zero attached hydrogens (tertiary/aromatic N) is 4. The highest BCUT2D eigenvalue weighted by atomic mass is 16.5. The Morgan fingerprint density at radius 3 is 1.45 bits per heavy atom. The third kappa shape index (κ3) is 6.80. The maximum atomic E-state index is 11.1. The van der Waals surface area contributed by atoms with Gasteiger partial charge in [0.25, 0.3) is 0 Å². The van der Waals surface area contributed by atoms with Crippen LogP contribution in [0.15, 0.2) is 10.2 Å². The normalized spacial score (nSPS) is 15.9. The second-order valence-electron chi connectivity index (χ2n) is 5.12. The molecule has 8 nitrogen and oxygen atoms in total. The van der Waals surface area contributed by atoms with Crippen molar-refractivity contribution in [3.05, 3.63) is 0 Å². The lowest BCUT2D eigenvalue weighted by Crippen LogP contribution is -2.25. The second-order valence-corrected chi connectivity index (χ2v) is 5.12. The molecular formula is C14H20N4O4. The second kappa shape index (κ2) is 8.73. The molecule has 0 fully saturated rings. The van der Waals surface area contributed by atoms with Crippen molar-refractivity contribution < 1.29 is 19.1 Å². The van der Waals surface area contributed by atoms with Crippen LogP contribution in [-0.2, 0) is 19.1 Å². The summed E-state index contributed by atoms with van der Waals surface area (Å²) in [4.78, 5) is 22.3. The topological polar surface area (TPSA) is 125 Å². The first kappa shape index (κ1) is 19.5. The lowest BCUT2D eigenvalue weighted by molar-refractivity contribution is -0.141. The Labute approximate surface area is 129 Å². The Hall–Kier alpha value is -2.48. The van der Waals surface area contributed by atoms with Crippen molar-refractivity contribution in [3.8, 4) is 12.1 Å². The largest absolute Gasteiger partial charge is 0.469 e. The van der Waals surface area contributed by atoms with Gasteiger partial charge in [0.15, 0.2) is 11.1 Å². The first-order valence-electron chi connectivity index (χ1n) is 6.64. The molecule has 0 amide bonds. The molecule has 0 aliphatic rings. The van der Waals surface area contributed by atoms with E-state index >= 15 is 0 Å². The van der Waals surface area contributed by atoms with E-state index in [1.54, 1.807) is 0 Å². The van der Waals surface area contributed by atoms with Crippen LogP contribution in [0.2, 0.25) is 0 Å². The number of ether oxygens (including phenoxy) is 2. The van der Waals surface area contributed by atoms with Crippen LogP contribution in [0.5, 0.6) is 0 Å². The standard InChI is InChI=1S/C14H20N4O4/c1-13(9-15,7-5-11(19)21-3)17-18-14(2,10-16)8-6-12(20)22-4/h5-8H2,1-4H3. The first-order chi connectivity index (χ1) is 10.2. The highest BCUT2D eigenvalue weighted by Gasteiger charge is 2.29. The quantitative estimate of drug-likeness (QED) is 0.498. The summed E-state index contributed by atoms with van der Waals surface area (Å²) in [6.07, 6.45) is 0.284. The van der Waals surface area contributed by atoms with E-state index < -0.39 is 23.0 Å². The van der Waals surface area contributed by atoms with Crippen molar-refractivity contribution in [1.29, 1.82) is 10.5 Å². The molecule has 0 aromatic rings. The lowest BCUT2D eigenvalue weighted by atomic mass is 9.97. The molecule has 0 N–H and O–H groups in total. The summed E-state index contributed by atoms with van der Waals surface area (Å²) in [6.45, 7) is 3.02. The minimum atomic E-state index is -1.24. The summed E-state index contributed by atoms with van der Waals surface area (Å²) in [5.41, 5.74) is -2.48. The van der Waals surface area contributed by atoms with Crippen molar-refractivity contribution >= 4 is 11.9 Å². The van der Waals surface area contributed by atoms with Gasteiger partial charge in [0.2, 0.25) is 0 Å². The number of hydrogen-bond acceptors (Lipinski definition) is 8. The molecule has 8 heteroatoms. The number of carbonyl (C=O) groups is 2.